The molecule has 32 heavy (non-hydrogen) atoms. The third-order valence-electron chi connectivity index (χ3n) is 6.05. The first kappa shape index (κ1) is 23.6. The second kappa shape index (κ2) is 11.0. The third-order valence-corrected chi connectivity index (χ3v) is 6.05. The number of piperidine rings is 1. The number of guanidine groups is 1. The smallest absolute Gasteiger partial charge is 0.191 e. The molecule has 0 aliphatic carbocycles. The van der Waals surface area contributed by atoms with E-state index in [2.05, 4.69) is 76.8 Å². The van der Waals surface area contributed by atoms with E-state index >= 15 is 0 Å². The highest BCUT2D eigenvalue weighted by Crippen LogP contribution is 2.30. The molecule has 1 saturated heterocycles. The minimum atomic E-state index is 0.391. The van der Waals surface area contributed by atoms with Gasteiger partial charge in [0, 0.05) is 76.4 Å². The van der Waals surface area contributed by atoms with Crippen molar-refractivity contribution in [2.24, 2.45) is 4.99 Å². The van der Waals surface area contributed by atoms with Gasteiger partial charge < -0.3 is 29.9 Å². The number of aryl methyl sites for hydroxylation is 1. The van der Waals surface area contributed by atoms with E-state index in [1.807, 2.05) is 13.1 Å². The highest BCUT2D eigenvalue weighted by Gasteiger charge is 2.21. The molecule has 0 unspecified atom stereocenters. The van der Waals surface area contributed by atoms with Gasteiger partial charge in [-0.15, -0.1) is 0 Å². The van der Waals surface area contributed by atoms with Crippen LogP contribution in [0.25, 0.3) is 0 Å². The van der Waals surface area contributed by atoms with E-state index in [0.29, 0.717) is 6.04 Å². The number of hydrogen-bond acceptors (Lipinski definition) is 5. The van der Waals surface area contributed by atoms with Crippen LogP contribution in [-0.2, 0) is 6.54 Å². The minimum Gasteiger partial charge on any atom is -0.497 e. The van der Waals surface area contributed by atoms with E-state index < -0.39 is 0 Å². The van der Waals surface area contributed by atoms with Crippen LogP contribution < -0.4 is 29.9 Å². The monoisotopic (exact) mass is 439 g/mol. The molecule has 1 heterocycles. The molecule has 0 radical (unpaired) electrons. The lowest BCUT2D eigenvalue weighted by Gasteiger charge is -2.34. The molecule has 0 aromatic heterocycles. The molecule has 7 nitrogen and oxygen atoms in total. The van der Waals surface area contributed by atoms with Gasteiger partial charge in [0.1, 0.15) is 11.5 Å². The SMILES string of the molecule is CN=C(NCc1ccc(N(C)C)cc1C)NC1CCN(c2cc(OC)cc(OC)c2)CC1. The lowest BCUT2D eigenvalue weighted by Crippen LogP contribution is -2.48. The molecule has 0 bridgehead atoms. The van der Waals surface area contributed by atoms with E-state index in [9.17, 15) is 0 Å². The van der Waals surface area contributed by atoms with Crippen LogP contribution in [0.3, 0.4) is 0 Å². The molecule has 0 amide bonds. The summed E-state index contributed by atoms with van der Waals surface area (Å²) >= 11 is 0. The second-order valence-corrected chi connectivity index (χ2v) is 8.41. The normalized spacial score (nSPS) is 14.8. The summed E-state index contributed by atoms with van der Waals surface area (Å²) in [6.07, 6.45) is 2.08. The van der Waals surface area contributed by atoms with Crippen molar-refractivity contribution in [1.29, 1.82) is 0 Å². The van der Waals surface area contributed by atoms with Crippen molar-refractivity contribution in [3.05, 3.63) is 47.5 Å². The van der Waals surface area contributed by atoms with Crippen LogP contribution >= 0.6 is 0 Å². The average Bonchev–Trinajstić information content (AvgIpc) is 2.82. The number of aliphatic imine (C=N–C) groups is 1. The Bertz CT molecular complexity index is 898. The molecule has 3 rings (SSSR count). The number of nitrogens with one attached hydrogen (secondary N) is 2. The van der Waals surface area contributed by atoms with Gasteiger partial charge in [0.25, 0.3) is 0 Å². The van der Waals surface area contributed by atoms with E-state index in [1.54, 1.807) is 14.2 Å². The van der Waals surface area contributed by atoms with Gasteiger partial charge in [-0.3, -0.25) is 4.99 Å². The Morgan fingerprint density at radius 3 is 2.25 bits per heavy atom. The van der Waals surface area contributed by atoms with Crippen molar-refractivity contribution in [3.63, 3.8) is 0 Å². The molecule has 1 aliphatic rings. The lowest BCUT2D eigenvalue weighted by molar-refractivity contribution is 0.393. The van der Waals surface area contributed by atoms with E-state index in [1.165, 1.54) is 16.8 Å². The first-order valence-electron chi connectivity index (χ1n) is 11.2. The molecule has 1 fully saturated rings. The number of benzene rings is 2. The van der Waals surface area contributed by atoms with Crippen LogP contribution in [0.5, 0.6) is 11.5 Å². The number of methoxy groups -OCH3 is 2. The highest BCUT2D eigenvalue weighted by molar-refractivity contribution is 5.80. The van der Waals surface area contributed by atoms with Gasteiger partial charge in [0.15, 0.2) is 5.96 Å². The van der Waals surface area contributed by atoms with Crippen molar-refractivity contribution in [1.82, 2.24) is 10.6 Å². The number of hydrogen-bond donors (Lipinski definition) is 2. The minimum absolute atomic E-state index is 0.391. The molecule has 2 aromatic rings. The molecule has 7 heteroatoms. The van der Waals surface area contributed by atoms with Gasteiger partial charge in [0.05, 0.1) is 14.2 Å². The summed E-state index contributed by atoms with van der Waals surface area (Å²) in [6, 6.07) is 13.0. The Labute approximate surface area is 192 Å². The van der Waals surface area contributed by atoms with Crippen LogP contribution in [-0.4, -0.2) is 60.5 Å². The van der Waals surface area contributed by atoms with Gasteiger partial charge in [-0.05, 0) is 43.0 Å². The fraction of sp³-hybridized carbons (Fsp3) is 0.480. The maximum absolute atomic E-state index is 5.42. The van der Waals surface area contributed by atoms with Gasteiger partial charge >= 0.3 is 0 Å². The summed E-state index contributed by atoms with van der Waals surface area (Å²) in [5, 5.41) is 7.07. The Balaban J connectivity index is 1.53. The summed E-state index contributed by atoms with van der Waals surface area (Å²) in [4.78, 5) is 8.94. The summed E-state index contributed by atoms with van der Waals surface area (Å²) < 4.78 is 10.8. The maximum Gasteiger partial charge on any atom is 0.191 e. The molecule has 0 spiro atoms. The third kappa shape index (κ3) is 5.99. The van der Waals surface area contributed by atoms with Gasteiger partial charge in [-0.1, -0.05) is 6.07 Å². The predicted molar refractivity (Wildman–Crippen MR) is 134 cm³/mol. The van der Waals surface area contributed by atoms with Crippen LogP contribution in [0.4, 0.5) is 11.4 Å². The summed E-state index contributed by atoms with van der Waals surface area (Å²) in [7, 11) is 9.33. The Kier molecular flexibility index (Phi) is 8.09. The molecule has 1 aliphatic heterocycles. The van der Waals surface area contributed by atoms with Gasteiger partial charge in [-0.25, -0.2) is 0 Å². The molecule has 0 atom stereocenters. The molecular weight excluding hydrogens is 402 g/mol. The molecule has 0 saturated carbocycles. The highest BCUT2D eigenvalue weighted by atomic mass is 16.5. The summed E-state index contributed by atoms with van der Waals surface area (Å²) in [6.45, 7) is 4.84. The quantitative estimate of drug-likeness (QED) is 0.509. The van der Waals surface area contributed by atoms with E-state index in [0.717, 1.165) is 55.6 Å². The fourth-order valence-electron chi connectivity index (χ4n) is 3.98. The molecule has 2 N–H and O–H groups in total. The Morgan fingerprint density at radius 2 is 1.72 bits per heavy atom. The average molecular weight is 440 g/mol. The molecule has 2 aromatic carbocycles. The second-order valence-electron chi connectivity index (χ2n) is 8.41. The predicted octanol–water partition coefficient (Wildman–Crippen LogP) is 3.41. The van der Waals surface area contributed by atoms with Crippen LogP contribution in [0, 0.1) is 6.92 Å². The Hall–Kier alpha value is -3.09. The standard InChI is InChI=1S/C25H37N5O2/c1-18-13-21(29(3)4)8-7-19(18)17-27-25(26-2)28-20-9-11-30(12-10-20)22-14-23(31-5)16-24(15-22)32-6/h7-8,13-16,20H,9-12,17H2,1-6H3,(H2,26,27,28). The molecular formula is C25H37N5O2. The van der Waals surface area contributed by atoms with Crippen LogP contribution in [0.15, 0.2) is 41.4 Å². The van der Waals surface area contributed by atoms with Crippen molar-refractivity contribution in [3.8, 4) is 11.5 Å². The lowest BCUT2D eigenvalue weighted by atomic mass is 10.0. The van der Waals surface area contributed by atoms with Gasteiger partial charge in [-0.2, -0.15) is 0 Å². The van der Waals surface area contributed by atoms with Crippen molar-refractivity contribution in [2.75, 3.05) is 58.3 Å². The summed E-state index contributed by atoms with van der Waals surface area (Å²) in [5.74, 6) is 2.49. The van der Waals surface area contributed by atoms with Gasteiger partial charge in [0.2, 0.25) is 0 Å². The zero-order valence-electron chi connectivity index (χ0n) is 20.2. The number of rotatable bonds is 7. The number of ether oxygens (including phenoxy) is 2. The zero-order valence-corrected chi connectivity index (χ0v) is 20.2. The first-order chi connectivity index (χ1) is 15.4. The topological polar surface area (TPSA) is 61.4 Å². The van der Waals surface area contributed by atoms with E-state index in [4.69, 9.17) is 9.47 Å². The summed E-state index contributed by atoms with van der Waals surface area (Å²) in [5.41, 5.74) is 4.91. The van der Waals surface area contributed by atoms with Crippen LogP contribution in [0.1, 0.15) is 24.0 Å². The van der Waals surface area contributed by atoms with Crippen molar-refractivity contribution >= 4 is 17.3 Å². The maximum atomic E-state index is 5.42. The first-order valence-corrected chi connectivity index (χ1v) is 11.2. The number of anilines is 2. The zero-order chi connectivity index (χ0) is 23.1. The largest absolute Gasteiger partial charge is 0.497 e. The Morgan fingerprint density at radius 1 is 1.06 bits per heavy atom. The fourth-order valence-corrected chi connectivity index (χ4v) is 3.98. The van der Waals surface area contributed by atoms with Crippen molar-refractivity contribution in [2.45, 2.75) is 32.4 Å². The van der Waals surface area contributed by atoms with E-state index in [-0.39, 0.29) is 0 Å². The van der Waals surface area contributed by atoms with Crippen LogP contribution in [0.2, 0.25) is 0 Å². The number of nitrogens with zero attached hydrogens (tertiary/aromatic N) is 3. The molecule has 174 valence electrons. The van der Waals surface area contributed by atoms with Crippen molar-refractivity contribution < 1.29 is 9.47 Å².